The summed E-state index contributed by atoms with van der Waals surface area (Å²) in [6.07, 6.45) is 7.53. The first kappa shape index (κ1) is 21.6. The maximum Gasteiger partial charge on any atom is 0.0719 e. The summed E-state index contributed by atoms with van der Waals surface area (Å²) in [5.41, 5.74) is 7.89. The Morgan fingerprint density at radius 1 is 0.794 bits per heavy atom. The molecule has 5 aromatic rings. The zero-order valence-electron chi connectivity index (χ0n) is 20.3. The highest BCUT2D eigenvalue weighted by atomic mass is 32.1. The number of rotatable bonds is 4. The predicted molar refractivity (Wildman–Crippen MR) is 148 cm³/mol. The minimum Gasteiger partial charge on any atom is -0.256 e. The summed E-state index contributed by atoms with van der Waals surface area (Å²) in [5.74, 6) is 0.759. The summed E-state index contributed by atoms with van der Waals surface area (Å²) in [7, 11) is 0. The highest BCUT2D eigenvalue weighted by Crippen LogP contribution is 2.46. The van der Waals surface area contributed by atoms with E-state index in [-0.39, 0.29) is 5.41 Å². The Balaban J connectivity index is 1.54. The third-order valence-corrected chi connectivity index (χ3v) is 9.35. The van der Waals surface area contributed by atoms with Gasteiger partial charge in [-0.2, -0.15) is 0 Å². The summed E-state index contributed by atoms with van der Waals surface area (Å²) in [4.78, 5) is 4.96. The van der Waals surface area contributed by atoms with Crippen LogP contribution < -0.4 is 0 Å². The van der Waals surface area contributed by atoms with Gasteiger partial charge in [0.15, 0.2) is 0 Å². The molecule has 0 saturated heterocycles. The Morgan fingerprint density at radius 2 is 1.44 bits per heavy atom. The minimum atomic E-state index is 0.173. The molecule has 0 atom stereocenters. The van der Waals surface area contributed by atoms with Crippen LogP contribution in [-0.2, 0) is 5.41 Å². The molecule has 1 fully saturated rings. The van der Waals surface area contributed by atoms with Gasteiger partial charge in [0.05, 0.1) is 5.69 Å². The fourth-order valence-electron chi connectivity index (χ4n) is 6.10. The van der Waals surface area contributed by atoms with Crippen LogP contribution in [0.2, 0.25) is 0 Å². The number of hydrogen-bond donors (Lipinski definition) is 0. The number of benzene rings is 3. The smallest absolute Gasteiger partial charge is 0.0719 e. The fraction of sp³-hybridized carbons (Fsp3) is 0.281. The van der Waals surface area contributed by atoms with Crippen molar-refractivity contribution in [3.63, 3.8) is 0 Å². The molecule has 0 aliphatic heterocycles. The van der Waals surface area contributed by atoms with Gasteiger partial charge in [0, 0.05) is 31.9 Å². The SMILES string of the molecule is Cc1cnc(-c2cccc3c2sc2c(-c4ccccc4)cccc23)cc1C(C)(C)C1CCCC1. The standard InChI is InChI=1S/C32H31NS/c1-21-20-33-29(19-28(21)32(2,3)23-13-7-8-14-23)27-18-10-17-26-25-16-9-15-24(30(25)34-31(26)27)22-11-5-4-6-12-22/h4-6,9-12,15-20,23H,7-8,13-14H2,1-3H3. The number of fused-ring (bicyclic) bond motifs is 3. The van der Waals surface area contributed by atoms with Crippen LogP contribution in [0.5, 0.6) is 0 Å². The van der Waals surface area contributed by atoms with Gasteiger partial charge < -0.3 is 0 Å². The first-order valence-corrected chi connectivity index (χ1v) is 13.3. The Hall–Kier alpha value is -2.97. The molecule has 0 radical (unpaired) electrons. The third-order valence-electron chi connectivity index (χ3n) is 8.06. The number of nitrogens with zero attached hydrogens (tertiary/aromatic N) is 1. The van der Waals surface area contributed by atoms with E-state index >= 15 is 0 Å². The van der Waals surface area contributed by atoms with Gasteiger partial charge in [0.1, 0.15) is 0 Å². The van der Waals surface area contributed by atoms with E-state index in [1.165, 1.54) is 73.7 Å². The lowest BCUT2D eigenvalue weighted by molar-refractivity contribution is 0.324. The van der Waals surface area contributed by atoms with Crippen LogP contribution in [0.25, 0.3) is 42.6 Å². The van der Waals surface area contributed by atoms with Gasteiger partial charge in [-0.25, -0.2) is 0 Å². The van der Waals surface area contributed by atoms with Crippen molar-refractivity contribution in [2.24, 2.45) is 5.92 Å². The normalized spacial score (nSPS) is 14.9. The second-order valence-corrected chi connectivity index (χ2v) is 11.4. The first-order valence-electron chi connectivity index (χ1n) is 12.5. The molecule has 1 aliphatic carbocycles. The monoisotopic (exact) mass is 461 g/mol. The maximum absolute atomic E-state index is 4.96. The molecular formula is C32H31NS. The second-order valence-electron chi connectivity index (χ2n) is 10.4. The van der Waals surface area contributed by atoms with E-state index in [0.717, 1.165) is 11.6 Å². The lowest BCUT2D eigenvalue weighted by Crippen LogP contribution is -2.27. The van der Waals surface area contributed by atoms with Crippen LogP contribution in [0.1, 0.15) is 50.7 Å². The van der Waals surface area contributed by atoms with Gasteiger partial charge in [0.2, 0.25) is 0 Å². The molecule has 1 saturated carbocycles. The van der Waals surface area contributed by atoms with Crippen molar-refractivity contribution in [3.05, 3.63) is 90.1 Å². The lowest BCUT2D eigenvalue weighted by Gasteiger charge is -2.34. The van der Waals surface area contributed by atoms with Gasteiger partial charge in [-0.15, -0.1) is 11.3 Å². The van der Waals surface area contributed by atoms with Crippen LogP contribution in [0.3, 0.4) is 0 Å². The van der Waals surface area contributed by atoms with Crippen LogP contribution in [0.15, 0.2) is 79.0 Å². The summed E-state index contributed by atoms with van der Waals surface area (Å²) in [6, 6.07) is 26.6. The maximum atomic E-state index is 4.96. The molecule has 2 heterocycles. The number of pyridine rings is 1. The van der Waals surface area contributed by atoms with Gasteiger partial charge in [-0.3, -0.25) is 4.98 Å². The van der Waals surface area contributed by atoms with E-state index < -0.39 is 0 Å². The highest BCUT2D eigenvalue weighted by molar-refractivity contribution is 7.26. The molecule has 34 heavy (non-hydrogen) atoms. The van der Waals surface area contributed by atoms with Gasteiger partial charge in [-0.05, 0) is 59.4 Å². The number of aromatic nitrogens is 1. The van der Waals surface area contributed by atoms with Gasteiger partial charge >= 0.3 is 0 Å². The number of hydrogen-bond acceptors (Lipinski definition) is 2. The predicted octanol–water partition coefficient (Wildman–Crippen LogP) is 9.56. The third kappa shape index (κ3) is 3.47. The average Bonchev–Trinajstić information content (AvgIpc) is 3.53. The van der Waals surface area contributed by atoms with E-state index in [4.69, 9.17) is 4.98 Å². The summed E-state index contributed by atoms with van der Waals surface area (Å²) >= 11 is 1.91. The Kier molecular flexibility index (Phi) is 5.30. The zero-order valence-corrected chi connectivity index (χ0v) is 21.1. The van der Waals surface area contributed by atoms with E-state index in [1.807, 2.05) is 11.3 Å². The Morgan fingerprint density at radius 3 is 2.15 bits per heavy atom. The molecule has 1 aliphatic rings. The molecule has 2 aromatic heterocycles. The van der Waals surface area contributed by atoms with Crippen LogP contribution >= 0.6 is 11.3 Å². The molecule has 2 heteroatoms. The topological polar surface area (TPSA) is 12.9 Å². The summed E-state index contributed by atoms with van der Waals surface area (Å²) in [6.45, 7) is 7.12. The average molecular weight is 462 g/mol. The molecule has 0 bridgehead atoms. The van der Waals surface area contributed by atoms with Crippen molar-refractivity contribution in [3.8, 4) is 22.4 Å². The van der Waals surface area contributed by atoms with Crippen LogP contribution in [0, 0.1) is 12.8 Å². The molecule has 0 amide bonds. The van der Waals surface area contributed by atoms with Crippen molar-refractivity contribution < 1.29 is 0 Å². The van der Waals surface area contributed by atoms with Crippen LogP contribution in [-0.4, -0.2) is 4.98 Å². The van der Waals surface area contributed by atoms with Crippen LogP contribution in [0.4, 0.5) is 0 Å². The first-order chi connectivity index (χ1) is 16.5. The van der Waals surface area contributed by atoms with Gasteiger partial charge in [-0.1, -0.05) is 93.4 Å². The molecular weight excluding hydrogens is 430 g/mol. The Labute approximate surface area is 206 Å². The van der Waals surface area contributed by atoms with E-state index in [0.29, 0.717) is 0 Å². The summed E-state index contributed by atoms with van der Waals surface area (Å²) < 4.78 is 2.69. The Bertz CT molecular complexity index is 1490. The van der Waals surface area contributed by atoms with Crippen molar-refractivity contribution in [2.75, 3.05) is 0 Å². The largest absolute Gasteiger partial charge is 0.256 e. The lowest BCUT2D eigenvalue weighted by atomic mass is 9.71. The highest BCUT2D eigenvalue weighted by Gasteiger charge is 2.34. The number of thiophene rings is 1. The molecule has 1 nitrogen and oxygen atoms in total. The van der Waals surface area contributed by atoms with E-state index in [2.05, 4.69) is 99.8 Å². The molecule has 0 N–H and O–H groups in total. The fourth-order valence-corrected chi connectivity index (χ4v) is 7.46. The van der Waals surface area contributed by atoms with E-state index in [1.54, 1.807) is 0 Å². The minimum absolute atomic E-state index is 0.173. The molecule has 170 valence electrons. The molecule has 0 unspecified atom stereocenters. The van der Waals surface area contributed by atoms with Gasteiger partial charge in [0.25, 0.3) is 0 Å². The quantitative estimate of drug-likeness (QED) is 0.260. The molecule has 3 aromatic carbocycles. The zero-order chi connectivity index (χ0) is 23.3. The molecule has 0 spiro atoms. The molecule has 6 rings (SSSR count). The van der Waals surface area contributed by atoms with E-state index in [9.17, 15) is 0 Å². The summed E-state index contributed by atoms with van der Waals surface area (Å²) in [5, 5.41) is 2.66. The van der Waals surface area contributed by atoms with Crippen molar-refractivity contribution in [2.45, 2.75) is 51.9 Å². The number of aryl methyl sites for hydroxylation is 1. The second kappa shape index (κ2) is 8.36. The van der Waals surface area contributed by atoms with Crippen molar-refractivity contribution in [1.82, 2.24) is 4.98 Å². The van der Waals surface area contributed by atoms with Crippen molar-refractivity contribution >= 4 is 31.5 Å². The van der Waals surface area contributed by atoms with Crippen molar-refractivity contribution in [1.29, 1.82) is 0 Å².